The van der Waals surface area contributed by atoms with E-state index in [0.717, 1.165) is 19.3 Å². The quantitative estimate of drug-likeness (QED) is 0.183. The average Bonchev–Trinajstić information content (AvgIpc) is 2.60. The van der Waals surface area contributed by atoms with Gasteiger partial charge < -0.3 is 9.68 Å². The summed E-state index contributed by atoms with van der Waals surface area (Å²) in [6.07, 6.45) is 7.70. The molecule has 0 saturated carbocycles. The molecule has 2 nitrogen and oxygen atoms in total. The number of unbranched alkanes of at least 4 members (excludes halogenated alkanes) is 7. The van der Waals surface area contributed by atoms with Gasteiger partial charge in [-0.3, -0.25) is 0 Å². The monoisotopic (exact) mass is 366 g/mol. The third-order valence-corrected chi connectivity index (χ3v) is 3.99. The molecule has 0 bridgehead atoms. The third kappa shape index (κ3) is 6.94. The highest BCUT2D eigenvalue weighted by Crippen LogP contribution is 2.23. The second kappa shape index (κ2) is 11.5. The zero-order valence-electron chi connectivity index (χ0n) is 14.4. The Balaban J connectivity index is 2.33. The number of halogens is 5. The van der Waals surface area contributed by atoms with Crippen LogP contribution in [0, 0.1) is 29.1 Å². The lowest BCUT2D eigenvalue weighted by Gasteiger charge is -2.11. The van der Waals surface area contributed by atoms with Crippen LogP contribution in [-0.4, -0.2) is 18.7 Å². The van der Waals surface area contributed by atoms with Crippen LogP contribution in [0.15, 0.2) is 0 Å². The topological polar surface area (TPSA) is 29.5 Å². The Bertz CT molecular complexity index is 513. The predicted molar refractivity (Wildman–Crippen MR) is 86.5 cm³/mol. The SMILES string of the molecule is CCCCCCCCCCOB(O)Cc1c(F)c(F)c(F)c(F)c1F. The summed E-state index contributed by atoms with van der Waals surface area (Å²) in [6.45, 7) is 2.31. The highest BCUT2D eigenvalue weighted by atomic mass is 19.2. The van der Waals surface area contributed by atoms with E-state index in [0.29, 0.717) is 6.42 Å². The fraction of sp³-hybridized carbons (Fsp3) is 0.647. The fourth-order valence-corrected chi connectivity index (χ4v) is 2.52. The maximum absolute atomic E-state index is 13.5. The van der Waals surface area contributed by atoms with Crippen molar-refractivity contribution >= 4 is 7.12 Å². The van der Waals surface area contributed by atoms with Crippen LogP contribution in [0.2, 0.25) is 0 Å². The Morgan fingerprint density at radius 3 is 1.68 bits per heavy atom. The normalized spacial score (nSPS) is 11.2. The van der Waals surface area contributed by atoms with Gasteiger partial charge in [-0.2, -0.15) is 0 Å². The van der Waals surface area contributed by atoms with Crippen molar-refractivity contribution in [2.45, 2.75) is 64.6 Å². The summed E-state index contributed by atoms with van der Waals surface area (Å²) >= 11 is 0. The van der Waals surface area contributed by atoms with Crippen LogP contribution < -0.4 is 0 Å². The van der Waals surface area contributed by atoms with E-state index >= 15 is 0 Å². The lowest BCUT2D eigenvalue weighted by Crippen LogP contribution is -2.24. The van der Waals surface area contributed by atoms with E-state index in [-0.39, 0.29) is 6.61 Å². The van der Waals surface area contributed by atoms with Gasteiger partial charge in [-0.05, 0) is 6.42 Å². The van der Waals surface area contributed by atoms with Gasteiger partial charge in [0.25, 0.3) is 0 Å². The largest absolute Gasteiger partial charge is 0.458 e. The van der Waals surface area contributed by atoms with Gasteiger partial charge >= 0.3 is 7.12 Å². The lowest BCUT2D eigenvalue weighted by molar-refractivity contribution is 0.248. The Morgan fingerprint density at radius 2 is 1.16 bits per heavy atom. The van der Waals surface area contributed by atoms with Gasteiger partial charge in [0.1, 0.15) is 0 Å². The summed E-state index contributed by atoms with van der Waals surface area (Å²) in [5.41, 5.74) is -1.07. The van der Waals surface area contributed by atoms with Crippen LogP contribution >= 0.6 is 0 Å². The van der Waals surface area contributed by atoms with E-state index in [1.54, 1.807) is 0 Å². The summed E-state index contributed by atoms with van der Waals surface area (Å²) < 4.78 is 71.1. The van der Waals surface area contributed by atoms with Crippen LogP contribution in [0.4, 0.5) is 22.0 Å². The molecule has 8 heteroatoms. The highest BCUT2D eigenvalue weighted by Gasteiger charge is 2.28. The van der Waals surface area contributed by atoms with Crippen LogP contribution in [0.3, 0.4) is 0 Å². The molecule has 1 rings (SSSR count). The number of hydrogen-bond acceptors (Lipinski definition) is 2. The van der Waals surface area contributed by atoms with Crippen molar-refractivity contribution in [1.29, 1.82) is 0 Å². The van der Waals surface area contributed by atoms with Crippen LogP contribution in [0.25, 0.3) is 0 Å². The third-order valence-electron chi connectivity index (χ3n) is 3.99. The Labute approximate surface area is 145 Å². The van der Waals surface area contributed by atoms with E-state index in [4.69, 9.17) is 4.65 Å². The second-order valence-corrected chi connectivity index (χ2v) is 6.05. The van der Waals surface area contributed by atoms with Gasteiger partial charge in [0.05, 0.1) is 0 Å². The molecular formula is C17H24BF5O2. The Morgan fingerprint density at radius 1 is 0.720 bits per heavy atom. The van der Waals surface area contributed by atoms with Crippen molar-refractivity contribution in [3.63, 3.8) is 0 Å². The second-order valence-electron chi connectivity index (χ2n) is 6.05. The molecule has 0 radical (unpaired) electrons. The average molecular weight is 366 g/mol. The summed E-state index contributed by atoms with van der Waals surface area (Å²) in [4.78, 5) is 0. The molecule has 1 aromatic carbocycles. The first-order chi connectivity index (χ1) is 11.9. The number of benzene rings is 1. The van der Waals surface area contributed by atoms with Gasteiger partial charge in [0, 0.05) is 18.5 Å². The molecule has 1 N–H and O–H groups in total. The van der Waals surface area contributed by atoms with Gasteiger partial charge in [0.2, 0.25) is 5.82 Å². The molecule has 0 aliphatic heterocycles. The lowest BCUT2D eigenvalue weighted by atomic mass is 9.80. The molecule has 0 fully saturated rings. The predicted octanol–water partition coefficient (Wildman–Crippen LogP) is 5.10. The highest BCUT2D eigenvalue weighted by molar-refractivity contribution is 6.42. The minimum Gasteiger partial charge on any atom is -0.427 e. The molecule has 0 unspecified atom stereocenters. The molecule has 0 aliphatic carbocycles. The first-order valence-electron chi connectivity index (χ1n) is 8.70. The van der Waals surface area contributed by atoms with Crippen LogP contribution in [-0.2, 0) is 11.0 Å². The van der Waals surface area contributed by atoms with Crippen LogP contribution in [0.1, 0.15) is 63.9 Å². The molecule has 142 valence electrons. The standard InChI is InChI=1S/C17H24BF5O2/c1-2-3-4-5-6-7-8-9-10-25-18(24)11-12-13(19)15(21)17(23)16(22)14(12)20/h24H,2-11H2,1H3. The molecule has 0 aromatic heterocycles. The zero-order valence-corrected chi connectivity index (χ0v) is 14.4. The molecule has 0 heterocycles. The van der Waals surface area contributed by atoms with Crippen molar-refractivity contribution in [3.05, 3.63) is 34.6 Å². The first kappa shape index (κ1) is 21.9. The van der Waals surface area contributed by atoms with Crippen molar-refractivity contribution in [3.8, 4) is 0 Å². The van der Waals surface area contributed by atoms with E-state index in [2.05, 4.69) is 6.92 Å². The molecule has 0 spiro atoms. The summed E-state index contributed by atoms with van der Waals surface area (Å²) in [5.74, 6) is -10.1. The molecule has 0 atom stereocenters. The minimum atomic E-state index is -2.21. The van der Waals surface area contributed by atoms with Crippen molar-refractivity contribution in [2.75, 3.05) is 6.61 Å². The number of hydrogen-bond donors (Lipinski definition) is 1. The van der Waals surface area contributed by atoms with Gasteiger partial charge in [-0.15, -0.1) is 0 Å². The molecule has 0 aliphatic rings. The maximum atomic E-state index is 13.5. The Hall–Kier alpha value is -1.15. The Kier molecular flexibility index (Phi) is 10.0. The molecule has 0 saturated heterocycles. The maximum Gasteiger partial charge on any atom is 0.458 e. The van der Waals surface area contributed by atoms with Gasteiger partial charge in [-0.25, -0.2) is 22.0 Å². The smallest absolute Gasteiger partial charge is 0.427 e. The van der Waals surface area contributed by atoms with Crippen LogP contribution in [0.5, 0.6) is 0 Å². The van der Waals surface area contributed by atoms with Crippen molar-refractivity contribution in [1.82, 2.24) is 0 Å². The number of rotatable bonds is 12. The first-order valence-corrected chi connectivity index (χ1v) is 8.70. The van der Waals surface area contributed by atoms with E-state index in [9.17, 15) is 27.0 Å². The van der Waals surface area contributed by atoms with E-state index in [1.807, 2.05) is 0 Å². The van der Waals surface area contributed by atoms with Gasteiger partial charge in [0.15, 0.2) is 23.3 Å². The zero-order chi connectivity index (χ0) is 18.8. The van der Waals surface area contributed by atoms with Gasteiger partial charge in [-0.1, -0.05) is 51.9 Å². The molecule has 1 aromatic rings. The molecule has 25 heavy (non-hydrogen) atoms. The summed E-state index contributed by atoms with van der Waals surface area (Å²) in [5, 5.41) is 9.61. The van der Waals surface area contributed by atoms with E-state index in [1.165, 1.54) is 25.7 Å². The molecular weight excluding hydrogens is 342 g/mol. The van der Waals surface area contributed by atoms with Crippen molar-refractivity contribution in [2.24, 2.45) is 0 Å². The summed E-state index contributed by atoms with van der Waals surface area (Å²) in [7, 11) is -1.63. The van der Waals surface area contributed by atoms with E-state index < -0.39 is 48.1 Å². The summed E-state index contributed by atoms with van der Waals surface area (Å²) in [6, 6.07) is 0. The van der Waals surface area contributed by atoms with Crippen molar-refractivity contribution < 1.29 is 31.6 Å². The minimum absolute atomic E-state index is 0.158. The fourth-order valence-electron chi connectivity index (χ4n) is 2.52. The molecule has 0 amide bonds.